The van der Waals surface area contributed by atoms with Crippen molar-refractivity contribution in [2.75, 3.05) is 41.1 Å². The van der Waals surface area contributed by atoms with Gasteiger partial charge in [-0.15, -0.1) is 0 Å². The summed E-state index contributed by atoms with van der Waals surface area (Å²) in [5, 5.41) is 11.5. The molecule has 1 aliphatic heterocycles. The quantitative estimate of drug-likeness (QED) is 0.262. The lowest BCUT2D eigenvalue weighted by Crippen LogP contribution is -2.32. The largest absolute Gasteiger partial charge is 0.507 e. The summed E-state index contributed by atoms with van der Waals surface area (Å²) in [6, 6.07) is 9.70. The molecule has 2 aromatic rings. The normalized spacial score (nSPS) is 17.3. The lowest BCUT2D eigenvalue weighted by atomic mass is 9.84. The van der Waals surface area contributed by atoms with E-state index in [0.717, 1.165) is 5.56 Å². The molecule has 0 spiro atoms. The molecule has 1 aliphatic rings. The summed E-state index contributed by atoms with van der Waals surface area (Å²) in [6.45, 7) is 11.1. The van der Waals surface area contributed by atoms with Crippen molar-refractivity contribution in [2.24, 2.45) is 5.92 Å². The molecule has 1 amide bonds. The number of nitrogens with zero attached hydrogens (tertiary/aromatic N) is 1. The molecule has 0 bridgehead atoms. The van der Waals surface area contributed by atoms with Crippen LogP contribution in [0, 0.1) is 5.92 Å². The fourth-order valence-corrected chi connectivity index (χ4v) is 4.48. The van der Waals surface area contributed by atoms with Gasteiger partial charge < -0.3 is 29.0 Å². The van der Waals surface area contributed by atoms with Gasteiger partial charge in [-0.2, -0.15) is 0 Å². The molecule has 0 aliphatic carbocycles. The molecule has 1 unspecified atom stereocenters. The van der Waals surface area contributed by atoms with Crippen LogP contribution in [0.5, 0.6) is 17.2 Å². The molecule has 0 saturated carbocycles. The Hall–Kier alpha value is -3.52. The number of hydrogen-bond acceptors (Lipinski definition) is 7. The number of methoxy groups -OCH3 is 3. The van der Waals surface area contributed by atoms with Gasteiger partial charge in [0.15, 0.2) is 11.5 Å². The van der Waals surface area contributed by atoms with E-state index in [4.69, 9.17) is 18.9 Å². The van der Waals surface area contributed by atoms with Gasteiger partial charge in [0.25, 0.3) is 11.7 Å². The topological polar surface area (TPSA) is 94.5 Å². The van der Waals surface area contributed by atoms with Crippen molar-refractivity contribution in [3.05, 3.63) is 58.7 Å². The maximum atomic E-state index is 13.4. The molecule has 1 heterocycles. The van der Waals surface area contributed by atoms with Crippen molar-refractivity contribution in [2.45, 2.75) is 46.1 Å². The number of carbonyl (C=O) groups excluding carboxylic acids is 2. The Morgan fingerprint density at radius 2 is 1.63 bits per heavy atom. The number of likely N-dealkylation sites (tertiary alicyclic amines) is 1. The molecule has 3 rings (SSSR count). The van der Waals surface area contributed by atoms with Crippen LogP contribution in [-0.4, -0.2) is 62.8 Å². The van der Waals surface area contributed by atoms with E-state index < -0.39 is 17.7 Å². The summed E-state index contributed by atoms with van der Waals surface area (Å²) in [7, 11) is 4.68. The van der Waals surface area contributed by atoms with Crippen molar-refractivity contribution in [3.63, 3.8) is 0 Å². The minimum atomic E-state index is -0.836. The van der Waals surface area contributed by atoms with Crippen LogP contribution in [-0.2, 0) is 19.7 Å². The zero-order chi connectivity index (χ0) is 28.2. The Labute approximate surface area is 225 Å². The number of carbonyl (C=O) groups is 2. The van der Waals surface area contributed by atoms with Crippen molar-refractivity contribution in [3.8, 4) is 17.2 Å². The van der Waals surface area contributed by atoms with Crippen molar-refractivity contribution < 1.29 is 33.6 Å². The Kier molecular flexibility index (Phi) is 9.09. The molecular weight excluding hydrogens is 486 g/mol. The van der Waals surface area contributed by atoms with Gasteiger partial charge in [0.1, 0.15) is 11.5 Å². The van der Waals surface area contributed by atoms with Crippen molar-refractivity contribution in [1.82, 2.24) is 4.90 Å². The Morgan fingerprint density at radius 3 is 2.21 bits per heavy atom. The zero-order valence-electron chi connectivity index (χ0n) is 23.6. The van der Waals surface area contributed by atoms with E-state index in [0.29, 0.717) is 35.0 Å². The molecule has 38 heavy (non-hydrogen) atoms. The van der Waals surface area contributed by atoms with Gasteiger partial charge in [-0.3, -0.25) is 9.59 Å². The number of rotatable bonds is 10. The smallest absolute Gasteiger partial charge is 0.295 e. The van der Waals surface area contributed by atoms with Gasteiger partial charge in [-0.05, 0) is 47.2 Å². The second kappa shape index (κ2) is 11.9. The summed E-state index contributed by atoms with van der Waals surface area (Å²) in [5.41, 5.74) is 1.63. The minimum absolute atomic E-state index is 0.0103. The molecule has 1 saturated heterocycles. The molecule has 1 atom stereocenters. The third-order valence-corrected chi connectivity index (χ3v) is 6.43. The molecule has 0 aromatic heterocycles. The molecule has 8 nitrogen and oxygen atoms in total. The van der Waals surface area contributed by atoms with Gasteiger partial charge >= 0.3 is 0 Å². The first kappa shape index (κ1) is 29.0. The first-order valence-electron chi connectivity index (χ1n) is 12.7. The number of amides is 1. The highest BCUT2D eigenvalue weighted by atomic mass is 16.5. The fraction of sp³-hybridized carbons (Fsp3) is 0.467. The van der Waals surface area contributed by atoms with Crippen LogP contribution < -0.4 is 14.2 Å². The Morgan fingerprint density at radius 1 is 0.974 bits per heavy atom. The molecule has 206 valence electrons. The zero-order valence-corrected chi connectivity index (χ0v) is 23.6. The van der Waals surface area contributed by atoms with Crippen LogP contribution in [0.3, 0.4) is 0 Å². The number of ether oxygens (including phenoxy) is 4. The van der Waals surface area contributed by atoms with E-state index in [1.807, 2.05) is 34.6 Å². The number of aliphatic hydroxyl groups excluding tert-OH is 1. The van der Waals surface area contributed by atoms with Gasteiger partial charge in [-0.1, -0.05) is 40.7 Å². The number of hydrogen-bond donors (Lipinski definition) is 1. The molecular formula is C30H39NO7. The van der Waals surface area contributed by atoms with Gasteiger partial charge in [0, 0.05) is 24.8 Å². The summed E-state index contributed by atoms with van der Waals surface area (Å²) >= 11 is 0. The Bertz CT molecular complexity index is 1210. The first-order valence-corrected chi connectivity index (χ1v) is 12.7. The maximum Gasteiger partial charge on any atom is 0.295 e. The monoisotopic (exact) mass is 525 g/mol. The molecule has 1 fully saturated rings. The highest BCUT2D eigenvalue weighted by Crippen LogP contribution is 2.43. The average molecular weight is 526 g/mol. The van der Waals surface area contributed by atoms with Crippen LogP contribution >= 0.6 is 0 Å². The number of benzene rings is 2. The summed E-state index contributed by atoms with van der Waals surface area (Å²) in [5.74, 6) is 0.289. The fourth-order valence-electron chi connectivity index (χ4n) is 4.48. The number of Topliss-reactive ketones (excluding diaryl/α,β-unsaturated/α-hetero) is 1. The van der Waals surface area contributed by atoms with E-state index in [9.17, 15) is 14.7 Å². The highest BCUT2D eigenvalue weighted by molar-refractivity contribution is 6.46. The van der Waals surface area contributed by atoms with Crippen LogP contribution in [0.15, 0.2) is 42.0 Å². The number of ketones is 1. The lowest BCUT2D eigenvalue weighted by Gasteiger charge is -2.26. The van der Waals surface area contributed by atoms with E-state index in [1.54, 1.807) is 50.6 Å². The van der Waals surface area contributed by atoms with E-state index in [1.165, 1.54) is 12.0 Å². The van der Waals surface area contributed by atoms with Crippen LogP contribution in [0.4, 0.5) is 0 Å². The second-order valence-corrected chi connectivity index (χ2v) is 10.8. The molecule has 2 aromatic carbocycles. The first-order chi connectivity index (χ1) is 17.9. The van der Waals surface area contributed by atoms with Crippen LogP contribution in [0.25, 0.3) is 5.76 Å². The summed E-state index contributed by atoms with van der Waals surface area (Å²) in [6.07, 6.45) is 0. The van der Waals surface area contributed by atoms with Gasteiger partial charge in [0.2, 0.25) is 0 Å². The van der Waals surface area contributed by atoms with E-state index in [-0.39, 0.29) is 35.8 Å². The predicted molar refractivity (Wildman–Crippen MR) is 146 cm³/mol. The standard InChI is InChI=1S/C30H39NO7/c1-18(2)17-38-24-16-19(9-12-23(24)37-8)26-25(28(33)29(34)31(26)13-14-35-6)27(32)20-10-11-22(36-7)21(15-20)30(3,4)5/h9-12,15-16,18,26,32H,13-14,17H2,1-8H3/b27-25+. The molecule has 1 N–H and O–H groups in total. The summed E-state index contributed by atoms with van der Waals surface area (Å²) in [4.78, 5) is 28.0. The Balaban J connectivity index is 2.22. The van der Waals surface area contributed by atoms with Gasteiger partial charge in [0.05, 0.1) is 39.0 Å². The molecule has 0 radical (unpaired) electrons. The van der Waals surface area contributed by atoms with E-state index in [2.05, 4.69) is 0 Å². The van der Waals surface area contributed by atoms with Crippen molar-refractivity contribution in [1.29, 1.82) is 0 Å². The third-order valence-electron chi connectivity index (χ3n) is 6.43. The maximum absolute atomic E-state index is 13.4. The highest BCUT2D eigenvalue weighted by Gasteiger charge is 2.46. The second-order valence-electron chi connectivity index (χ2n) is 10.8. The predicted octanol–water partition coefficient (Wildman–Crippen LogP) is 5.10. The lowest BCUT2D eigenvalue weighted by molar-refractivity contribution is -0.140. The SMILES string of the molecule is COCCN1C(=O)C(=O)/C(=C(/O)c2ccc(OC)c(C(C)(C)C)c2)C1c1ccc(OC)c(OCC(C)C)c1. The van der Waals surface area contributed by atoms with Crippen molar-refractivity contribution >= 4 is 17.4 Å². The van der Waals surface area contributed by atoms with Crippen LogP contribution in [0.1, 0.15) is 57.4 Å². The van der Waals surface area contributed by atoms with Crippen LogP contribution in [0.2, 0.25) is 0 Å². The number of aliphatic hydroxyl groups is 1. The summed E-state index contributed by atoms with van der Waals surface area (Å²) < 4.78 is 22.2. The molecule has 8 heteroatoms. The van der Waals surface area contributed by atoms with E-state index >= 15 is 0 Å². The average Bonchev–Trinajstić information content (AvgIpc) is 3.14. The third kappa shape index (κ3) is 5.96. The van der Waals surface area contributed by atoms with Gasteiger partial charge in [-0.25, -0.2) is 0 Å². The minimum Gasteiger partial charge on any atom is -0.507 e.